The molecule has 2 aromatic rings. The SMILES string of the molecule is O=C(O)c1cc2ccccc2c(NCC2CCCC2O)n1. The van der Waals surface area contributed by atoms with E-state index in [1.54, 1.807) is 6.07 Å². The molecule has 0 amide bonds. The Bertz CT molecular complexity index is 672. The number of carboxylic acids is 1. The number of nitrogens with zero attached hydrogens (tertiary/aromatic N) is 1. The van der Waals surface area contributed by atoms with Gasteiger partial charge in [-0.3, -0.25) is 0 Å². The molecule has 2 atom stereocenters. The first-order valence-corrected chi connectivity index (χ1v) is 7.20. The maximum absolute atomic E-state index is 11.2. The summed E-state index contributed by atoms with van der Waals surface area (Å²) in [6.07, 6.45) is 2.60. The van der Waals surface area contributed by atoms with Crippen LogP contribution >= 0.6 is 0 Å². The summed E-state index contributed by atoms with van der Waals surface area (Å²) in [6.45, 7) is 0.612. The summed E-state index contributed by atoms with van der Waals surface area (Å²) >= 11 is 0. The van der Waals surface area contributed by atoms with Crippen LogP contribution in [0.1, 0.15) is 29.8 Å². The van der Waals surface area contributed by atoms with Crippen molar-refractivity contribution in [3.05, 3.63) is 36.0 Å². The van der Waals surface area contributed by atoms with Crippen LogP contribution in [0.2, 0.25) is 0 Å². The Morgan fingerprint density at radius 2 is 2.14 bits per heavy atom. The first-order valence-electron chi connectivity index (χ1n) is 7.20. The topological polar surface area (TPSA) is 82.5 Å². The fourth-order valence-electron chi connectivity index (χ4n) is 2.93. The van der Waals surface area contributed by atoms with Crippen molar-refractivity contribution in [1.82, 2.24) is 4.98 Å². The lowest BCUT2D eigenvalue weighted by Gasteiger charge is -2.16. The molecule has 1 aliphatic carbocycles. The van der Waals surface area contributed by atoms with Gasteiger partial charge >= 0.3 is 5.97 Å². The Morgan fingerprint density at radius 1 is 1.33 bits per heavy atom. The van der Waals surface area contributed by atoms with E-state index in [1.165, 1.54) is 0 Å². The molecule has 3 N–H and O–H groups in total. The molecule has 0 aliphatic heterocycles. The molecule has 5 nitrogen and oxygen atoms in total. The van der Waals surface area contributed by atoms with E-state index in [9.17, 15) is 9.90 Å². The zero-order valence-corrected chi connectivity index (χ0v) is 11.6. The van der Waals surface area contributed by atoms with Crippen molar-refractivity contribution < 1.29 is 15.0 Å². The Hall–Kier alpha value is -2.14. The highest BCUT2D eigenvalue weighted by molar-refractivity contribution is 5.97. The Labute approximate surface area is 122 Å². The average Bonchev–Trinajstić information content (AvgIpc) is 2.89. The first-order chi connectivity index (χ1) is 10.1. The summed E-state index contributed by atoms with van der Waals surface area (Å²) in [7, 11) is 0. The van der Waals surface area contributed by atoms with E-state index < -0.39 is 5.97 Å². The van der Waals surface area contributed by atoms with Gasteiger partial charge in [-0.2, -0.15) is 0 Å². The number of rotatable bonds is 4. The normalized spacial score (nSPS) is 21.6. The molecule has 0 saturated heterocycles. The Morgan fingerprint density at radius 3 is 2.86 bits per heavy atom. The van der Waals surface area contributed by atoms with E-state index in [1.807, 2.05) is 24.3 Å². The zero-order valence-electron chi connectivity index (χ0n) is 11.6. The number of fused-ring (bicyclic) bond motifs is 1. The summed E-state index contributed by atoms with van der Waals surface area (Å²) in [5, 5.41) is 24.0. The summed E-state index contributed by atoms with van der Waals surface area (Å²) in [6, 6.07) is 9.15. The number of pyridine rings is 1. The molecule has 0 spiro atoms. The van der Waals surface area contributed by atoms with Gasteiger partial charge in [0.1, 0.15) is 5.82 Å². The fraction of sp³-hybridized carbons (Fsp3) is 0.375. The minimum absolute atomic E-state index is 0.0307. The average molecular weight is 286 g/mol. The second kappa shape index (κ2) is 5.69. The maximum atomic E-state index is 11.2. The van der Waals surface area contributed by atoms with Crippen molar-refractivity contribution in [1.29, 1.82) is 0 Å². The van der Waals surface area contributed by atoms with Gasteiger partial charge in [-0.15, -0.1) is 0 Å². The van der Waals surface area contributed by atoms with Crippen LogP contribution in [0, 0.1) is 5.92 Å². The maximum Gasteiger partial charge on any atom is 0.354 e. The highest BCUT2D eigenvalue weighted by atomic mass is 16.4. The lowest BCUT2D eigenvalue weighted by atomic mass is 10.1. The van der Waals surface area contributed by atoms with Crippen LogP contribution < -0.4 is 5.32 Å². The number of carboxylic acid groups (broad SMARTS) is 1. The van der Waals surface area contributed by atoms with E-state index in [4.69, 9.17) is 5.11 Å². The van der Waals surface area contributed by atoms with E-state index >= 15 is 0 Å². The van der Waals surface area contributed by atoms with Crippen molar-refractivity contribution in [3.63, 3.8) is 0 Å². The Balaban J connectivity index is 1.90. The van der Waals surface area contributed by atoms with Crippen LogP contribution in [0.4, 0.5) is 5.82 Å². The number of carbonyl (C=O) groups is 1. The van der Waals surface area contributed by atoms with E-state index in [0.717, 1.165) is 30.0 Å². The van der Waals surface area contributed by atoms with Gasteiger partial charge in [0.15, 0.2) is 5.69 Å². The van der Waals surface area contributed by atoms with Crippen molar-refractivity contribution >= 4 is 22.6 Å². The van der Waals surface area contributed by atoms with E-state index in [2.05, 4.69) is 10.3 Å². The predicted molar refractivity (Wildman–Crippen MR) is 80.5 cm³/mol. The van der Waals surface area contributed by atoms with Gasteiger partial charge in [0.2, 0.25) is 0 Å². The van der Waals surface area contributed by atoms with Crippen LogP contribution in [-0.2, 0) is 0 Å². The number of aliphatic hydroxyl groups excluding tert-OH is 1. The summed E-state index contributed by atoms with van der Waals surface area (Å²) < 4.78 is 0. The third kappa shape index (κ3) is 2.83. The highest BCUT2D eigenvalue weighted by Gasteiger charge is 2.25. The van der Waals surface area contributed by atoms with Gasteiger partial charge in [-0.1, -0.05) is 30.7 Å². The van der Waals surface area contributed by atoms with Gasteiger partial charge < -0.3 is 15.5 Å². The lowest BCUT2D eigenvalue weighted by molar-refractivity contribution is 0.0691. The third-order valence-corrected chi connectivity index (χ3v) is 4.11. The molecule has 0 bridgehead atoms. The second-order valence-corrected chi connectivity index (χ2v) is 5.52. The number of anilines is 1. The van der Waals surface area contributed by atoms with Crippen molar-refractivity contribution in [2.75, 3.05) is 11.9 Å². The number of nitrogens with one attached hydrogen (secondary N) is 1. The number of aromatic nitrogens is 1. The van der Waals surface area contributed by atoms with Gasteiger partial charge in [-0.25, -0.2) is 9.78 Å². The van der Waals surface area contributed by atoms with E-state index in [-0.39, 0.29) is 17.7 Å². The van der Waals surface area contributed by atoms with Gasteiger partial charge in [0, 0.05) is 17.8 Å². The van der Waals surface area contributed by atoms with Crippen molar-refractivity contribution in [2.24, 2.45) is 5.92 Å². The summed E-state index contributed by atoms with van der Waals surface area (Å²) in [5.41, 5.74) is 0.0307. The molecule has 1 fully saturated rings. The largest absolute Gasteiger partial charge is 0.477 e. The fourth-order valence-corrected chi connectivity index (χ4v) is 2.93. The van der Waals surface area contributed by atoms with Crippen LogP contribution in [-0.4, -0.2) is 33.8 Å². The molecule has 1 aromatic heterocycles. The molecule has 3 rings (SSSR count). The summed E-state index contributed by atoms with van der Waals surface area (Å²) in [5.74, 6) is -0.256. The van der Waals surface area contributed by atoms with Gasteiger partial charge in [-0.05, 0) is 24.3 Å². The third-order valence-electron chi connectivity index (χ3n) is 4.11. The number of benzene rings is 1. The molecule has 1 aliphatic rings. The molecule has 2 unspecified atom stereocenters. The molecular formula is C16H18N2O3. The quantitative estimate of drug-likeness (QED) is 0.804. The molecular weight excluding hydrogens is 268 g/mol. The zero-order chi connectivity index (χ0) is 14.8. The number of hydrogen-bond donors (Lipinski definition) is 3. The monoisotopic (exact) mass is 286 g/mol. The molecule has 1 heterocycles. The van der Waals surface area contributed by atoms with Crippen molar-refractivity contribution in [3.8, 4) is 0 Å². The van der Waals surface area contributed by atoms with Crippen LogP contribution in [0.25, 0.3) is 10.8 Å². The minimum Gasteiger partial charge on any atom is -0.477 e. The van der Waals surface area contributed by atoms with Crippen LogP contribution in [0.15, 0.2) is 30.3 Å². The van der Waals surface area contributed by atoms with Crippen LogP contribution in [0.5, 0.6) is 0 Å². The molecule has 1 saturated carbocycles. The van der Waals surface area contributed by atoms with Gasteiger partial charge in [0.25, 0.3) is 0 Å². The molecule has 1 aromatic carbocycles. The standard InChI is InChI=1S/C16H18N2O3/c19-14-7-3-5-11(14)9-17-15-12-6-2-1-4-10(12)8-13(18-15)16(20)21/h1-2,4,6,8,11,14,19H,3,5,7,9H2,(H,17,18)(H,20,21). The van der Waals surface area contributed by atoms with E-state index in [0.29, 0.717) is 12.4 Å². The molecule has 0 radical (unpaired) electrons. The first kappa shape index (κ1) is 13.8. The molecule has 110 valence electrons. The number of aliphatic hydroxyl groups is 1. The Kier molecular flexibility index (Phi) is 3.75. The molecule has 5 heteroatoms. The summed E-state index contributed by atoms with van der Waals surface area (Å²) in [4.78, 5) is 15.4. The number of hydrogen-bond acceptors (Lipinski definition) is 4. The number of aromatic carboxylic acids is 1. The van der Waals surface area contributed by atoms with Crippen molar-refractivity contribution in [2.45, 2.75) is 25.4 Å². The highest BCUT2D eigenvalue weighted by Crippen LogP contribution is 2.27. The lowest BCUT2D eigenvalue weighted by Crippen LogP contribution is -2.22. The van der Waals surface area contributed by atoms with Crippen LogP contribution in [0.3, 0.4) is 0 Å². The second-order valence-electron chi connectivity index (χ2n) is 5.52. The van der Waals surface area contributed by atoms with Gasteiger partial charge in [0.05, 0.1) is 6.10 Å². The minimum atomic E-state index is -1.04. The molecule has 21 heavy (non-hydrogen) atoms. The predicted octanol–water partition coefficient (Wildman–Crippen LogP) is 2.51. The smallest absolute Gasteiger partial charge is 0.354 e.